The third-order valence-corrected chi connectivity index (χ3v) is 6.29. The van der Waals surface area contributed by atoms with E-state index in [9.17, 15) is 22.9 Å². The van der Waals surface area contributed by atoms with Gasteiger partial charge < -0.3 is 5.32 Å². The van der Waals surface area contributed by atoms with Crippen molar-refractivity contribution in [2.45, 2.75) is 11.8 Å². The van der Waals surface area contributed by atoms with E-state index in [2.05, 4.69) is 5.32 Å². The van der Waals surface area contributed by atoms with Gasteiger partial charge in [-0.05, 0) is 37.9 Å². The van der Waals surface area contributed by atoms with E-state index in [1.165, 1.54) is 11.2 Å². The molecule has 1 aromatic carbocycles. The number of hydrogen-bond acceptors (Lipinski definition) is 5. The van der Waals surface area contributed by atoms with Gasteiger partial charge in [0.2, 0.25) is 10.0 Å². The molecule has 0 aromatic heterocycles. The molecule has 128 valence electrons. The molecule has 2 fully saturated rings. The first-order chi connectivity index (χ1) is 10.3. The number of benzene rings is 1. The van der Waals surface area contributed by atoms with Gasteiger partial charge in [0.15, 0.2) is 0 Å². The molecule has 2 aliphatic rings. The zero-order chi connectivity index (χ0) is 16.1. The van der Waals surface area contributed by atoms with Crippen molar-refractivity contribution < 1.29 is 17.7 Å². The number of fused-ring (bicyclic) bond motifs is 1. The average molecular weight is 366 g/mol. The van der Waals surface area contributed by atoms with Crippen LogP contribution in [0.25, 0.3) is 0 Å². The summed E-state index contributed by atoms with van der Waals surface area (Å²) in [6.07, 6.45) is 0. The second-order valence-corrected chi connectivity index (χ2v) is 7.74. The normalized spacial score (nSPS) is 24.3. The summed E-state index contributed by atoms with van der Waals surface area (Å²) in [5.41, 5.74) is -0.675. The highest BCUT2D eigenvalue weighted by molar-refractivity contribution is 7.89. The molecule has 2 atom stereocenters. The molecule has 0 bridgehead atoms. The number of nitro groups is 1. The van der Waals surface area contributed by atoms with Crippen LogP contribution < -0.4 is 5.32 Å². The molecule has 10 heteroatoms. The summed E-state index contributed by atoms with van der Waals surface area (Å²) < 4.78 is 40.4. The summed E-state index contributed by atoms with van der Waals surface area (Å²) in [5.74, 6) is -0.381. The van der Waals surface area contributed by atoms with Crippen molar-refractivity contribution in [1.29, 1.82) is 0 Å². The van der Waals surface area contributed by atoms with Gasteiger partial charge in [0, 0.05) is 19.2 Å². The Hall–Kier alpha value is -1.29. The maximum absolute atomic E-state index is 13.9. The topological polar surface area (TPSA) is 92.6 Å². The van der Waals surface area contributed by atoms with E-state index in [4.69, 9.17) is 0 Å². The van der Waals surface area contributed by atoms with Gasteiger partial charge in [-0.1, -0.05) is 0 Å². The van der Waals surface area contributed by atoms with Crippen LogP contribution in [0, 0.1) is 34.7 Å². The first-order valence-electron chi connectivity index (χ1n) is 6.96. The van der Waals surface area contributed by atoms with Crippen LogP contribution in [0.2, 0.25) is 0 Å². The fourth-order valence-corrected chi connectivity index (χ4v) is 4.72. The number of hydrogen-bond donors (Lipinski definition) is 1. The van der Waals surface area contributed by atoms with E-state index in [1.54, 1.807) is 0 Å². The Morgan fingerprint density at radius 2 is 1.87 bits per heavy atom. The van der Waals surface area contributed by atoms with Crippen molar-refractivity contribution in [1.82, 2.24) is 9.62 Å². The molecule has 2 heterocycles. The van der Waals surface area contributed by atoms with E-state index in [-0.39, 0.29) is 34.7 Å². The standard InChI is InChI=1S/C13H16FN3O4S.ClH/c1-8-12(14)2-11(3-13(8)17(18)19)22(20,21)16-6-9-4-15-5-10(9)7-16;/h2-3,9-10,15H,4-7H2,1H3;1H/t9-,10+;. The highest BCUT2D eigenvalue weighted by atomic mass is 35.5. The Morgan fingerprint density at radius 3 is 2.39 bits per heavy atom. The molecule has 23 heavy (non-hydrogen) atoms. The van der Waals surface area contributed by atoms with Crippen LogP contribution in [0.5, 0.6) is 0 Å². The van der Waals surface area contributed by atoms with Gasteiger partial charge in [-0.2, -0.15) is 4.31 Å². The minimum absolute atomic E-state index is 0. The minimum Gasteiger partial charge on any atom is -0.316 e. The number of rotatable bonds is 3. The fourth-order valence-electron chi connectivity index (χ4n) is 3.14. The molecule has 7 nitrogen and oxygen atoms in total. The summed E-state index contributed by atoms with van der Waals surface area (Å²) in [5, 5.41) is 14.2. The number of sulfonamides is 1. The molecule has 3 rings (SSSR count). The molecule has 0 spiro atoms. The Balaban J connectivity index is 0.00000192. The van der Waals surface area contributed by atoms with Gasteiger partial charge in [-0.3, -0.25) is 10.1 Å². The van der Waals surface area contributed by atoms with Crippen molar-refractivity contribution in [2.24, 2.45) is 11.8 Å². The van der Waals surface area contributed by atoms with Crippen LogP contribution in [-0.4, -0.2) is 43.8 Å². The predicted molar refractivity (Wildman–Crippen MR) is 83.6 cm³/mol. The van der Waals surface area contributed by atoms with Crippen molar-refractivity contribution in [3.05, 3.63) is 33.6 Å². The monoisotopic (exact) mass is 365 g/mol. The Labute approximate surface area is 139 Å². The second kappa shape index (κ2) is 6.31. The molecule has 1 aromatic rings. The summed E-state index contributed by atoms with van der Waals surface area (Å²) in [4.78, 5) is 9.84. The first-order valence-corrected chi connectivity index (χ1v) is 8.40. The van der Waals surface area contributed by atoms with E-state index in [0.717, 1.165) is 25.2 Å². The van der Waals surface area contributed by atoms with E-state index >= 15 is 0 Å². The van der Waals surface area contributed by atoms with Crippen LogP contribution in [0.4, 0.5) is 10.1 Å². The van der Waals surface area contributed by atoms with Gasteiger partial charge in [0.25, 0.3) is 5.69 Å². The summed E-state index contributed by atoms with van der Waals surface area (Å²) >= 11 is 0. The van der Waals surface area contributed by atoms with E-state index < -0.39 is 26.5 Å². The highest BCUT2D eigenvalue weighted by Gasteiger charge is 2.42. The van der Waals surface area contributed by atoms with Crippen LogP contribution in [0.3, 0.4) is 0 Å². The number of nitro benzene ring substituents is 1. The van der Waals surface area contributed by atoms with Gasteiger partial charge in [-0.15, -0.1) is 12.4 Å². The summed E-state index contributed by atoms with van der Waals surface area (Å²) in [7, 11) is -3.91. The summed E-state index contributed by atoms with van der Waals surface area (Å²) in [6.45, 7) is 3.51. The van der Waals surface area contributed by atoms with Crippen molar-refractivity contribution in [2.75, 3.05) is 26.2 Å². The van der Waals surface area contributed by atoms with Gasteiger partial charge in [0.1, 0.15) is 5.82 Å². The molecule has 1 N–H and O–H groups in total. The molecule has 0 saturated carbocycles. The van der Waals surface area contributed by atoms with E-state index in [1.807, 2.05) is 0 Å². The van der Waals surface area contributed by atoms with Crippen molar-refractivity contribution >= 4 is 28.1 Å². The summed E-state index contributed by atoms with van der Waals surface area (Å²) in [6, 6.07) is 1.81. The van der Waals surface area contributed by atoms with Crippen LogP contribution in [0.1, 0.15) is 5.56 Å². The smallest absolute Gasteiger partial charge is 0.276 e. The molecule has 0 aliphatic carbocycles. The molecule has 0 radical (unpaired) electrons. The van der Waals surface area contributed by atoms with Gasteiger partial charge >= 0.3 is 0 Å². The third-order valence-electron chi connectivity index (χ3n) is 4.48. The Bertz CT molecular complexity index is 731. The molecule has 2 aliphatic heterocycles. The van der Waals surface area contributed by atoms with Crippen molar-refractivity contribution in [3.63, 3.8) is 0 Å². The van der Waals surface area contributed by atoms with Gasteiger partial charge in [-0.25, -0.2) is 12.8 Å². The van der Waals surface area contributed by atoms with Crippen LogP contribution in [0.15, 0.2) is 17.0 Å². The zero-order valence-corrected chi connectivity index (χ0v) is 14.0. The van der Waals surface area contributed by atoms with Crippen LogP contribution >= 0.6 is 12.4 Å². The average Bonchev–Trinajstić information content (AvgIpc) is 3.02. The van der Waals surface area contributed by atoms with Crippen molar-refractivity contribution in [3.8, 4) is 0 Å². The van der Waals surface area contributed by atoms with E-state index in [0.29, 0.717) is 13.1 Å². The first kappa shape index (κ1) is 18.1. The third kappa shape index (κ3) is 3.06. The number of nitrogens with one attached hydrogen (secondary N) is 1. The molecule has 2 saturated heterocycles. The molecular weight excluding hydrogens is 349 g/mol. The number of nitrogens with zero attached hydrogens (tertiary/aromatic N) is 2. The number of halogens is 2. The van der Waals surface area contributed by atoms with Crippen LogP contribution in [-0.2, 0) is 10.0 Å². The zero-order valence-electron chi connectivity index (χ0n) is 12.4. The lowest BCUT2D eigenvalue weighted by molar-refractivity contribution is -0.385. The largest absolute Gasteiger partial charge is 0.316 e. The Morgan fingerprint density at radius 1 is 1.30 bits per heavy atom. The maximum Gasteiger partial charge on any atom is 0.276 e. The molecule has 0 unspecified atom stereocenters. The Kier molecular flexibility index (Phi) is 4.95. The lowest BCUT2D eigenvalue weighted by Gasteiger charge is -2.17. The predicted octanol–water partition coefficient (Wildman–Crippen LogP) is 1.30. The fraction of sp³-hybridized carbons (Fsp3) is 0.538. The SMILES string of the molecule is Cc1c(F)cc(S(=O)(=O)N2C[C@H]3CNC[C@H]3C2)cc1[N+](=O)[O-].Cl. The molecule has 0 amide bonds. The lowest BCUT2D eigenvalue weighted by atomic mass is 10.0. The lowest BCUT2D eigenvalue weighted by Crippen LogP contribution is -2.32. The van der Waals surface area contributed by atoms with Gasteiger partial charge in [0.05, 0.1) is 15.4 Å². The quantitative estimate of drug-likeness (QED) is 0.644. The minimum atomic E-state index is -3.91. The highest BCUT2D eigenvalue weighted by Crippen LogP contribution is 2.33. The molecular formula is C13H17ClFN3O4S. The maximum atomic E-state index is 13.9. The second-order valence-electron chi connectivity index (χ2n) is 5.81.